The third kappa shape index (κ3) is 2.07. The van der Waals surface area contributed by atoms with Crippen molar-refractivity contribution in [3.8, 4) is 0 Å². The molecule has 0 saturated carbocycles. The SMILES string of the molecule is CC(C)(C)OC(=O)N1CC2(CNCc3cnnn32)C1. The van der Waals surface area contributed by atoms with Gasteiger partial charge in [-0.05, 0) is 20.8 Å². The quantitative estimate of drug-likeness (QED) is 0.731. The van der Waals surface area contributed by atoms with Gasteiger partial charge in [-0.2, -0.15) is 0 Å². The van der Waals surface area contributed by atoms with E-state index in [2.05, 4.69) is 15.6 Å². The highest BCUT2D eigenvalue weighted by Gasteiger charge is 2.50. The summed E-state index contributed by atoms with van der Waals surface area (Å²) in [4.78, 5) is 13.7. The van der Waals surface area contributed by atoms with Gasteiger partial charge in [0.2, 0.25) is 0 Å². The molecule has 1 fully saturated rings. The van der Waals surface area contributed by atoms with E-state index in [0.29, 0.717) is 13.1 Å². The molecule has 0 aromatic carbocycles. The number of ether oxygens (including phenoxy) is 1. The predicted octanol–water partition coefficient (Wildman–Crippen LogP) is 0.327. The largest absolute Gasteiger partial charge is 0.444 e. The Bertz CT molecular complexity index is 498. The van der Waals surface area contributed by atoms with Crippen LogP contribution in [0.4, 0.5) is 4.79 Å². The molecule has 3 heterocycles. The maximum atomic E-state index is 12.0. The summed E-state index contributed by atoms with van der Waals surface area (Å²) < 4.78 is 7.32. The molecule has 0 atom stereocenters. The first-order chi connectivity index (χ1) is 8.90. The molecular formula is C12H19N5O2. The van der Waals surface area contributed by atoms with E-state index in [1.54, 1.807) is 11.1 Å². The minimum Gasteiger partial charge on any atom is -0.444 e. The number of hydrogen-bond donors (Lipinski definition) is 1. The van der Waals surface area contributed by atoms with E-state index in [1.807, 2.05) is 25.5 Å². The first kappa shape index (κ1) is 12.4. The molecule has 2 aliphatic rings. The van der Waals surface area contributed by atoms with Crippen LogP contribution in [0, 0.1) is 0 Å². The minimum atomic E-state index is -0.455. The van der Waals surface area contributed by atoms with Crippen molar-refractivity contribution in [1.82, 2.24) is 25.2 Å². The molecular weight excluding hydrogens is 246 g/mol. The second kappa shape index (κ2) is 3.93. The number of nitrogens with zero attached hydrogens (tertiary/aromatic N) is 4. The molecule has 1 amide bonds. The number of fused-ring (bicyclic) bond motifs is 2. The molecule has 7 heteroatoms. The summed E-state index contributed by atoms with van der Waals surface area (Å²) in [5.74, 6) is 0. The minimum absolute atomic E-state index is 0.152. The molecule has 0 unspecified atom stereocenters. The van der Waals surface area contributed by atoms with Gasteiger partial charge >= 0.3 is 6.09 Å². The fraction of sp³-hybridized carbons (Fsp3) is 0.750. The average molecular weight is 265 g/mol. The van der Waals surface area contributed by atoms with Gasteiger partial charge in [0, 0.05) is 13.1 Å². The number of hydrogen-bond acceptors (Lipinski definition) is 5. The maximum Gasteiger partial charge on any atom is 0.410 e. The lowest BCUT2D eigenvalue weighted by atomic mass is 9.88. The lowest BCUT2D eigenvalue weighted by molar-refractivity contribution is -0.0379. The van der Waals surface area contributed by atoms with Crippen molar-refractivity contribution in [1.29, 1.82) is 0 Å². The van der Waals surface area contributed by atoms with E-state index >= 15 is 0 Å². The number of carbonyl (C=O) groups is 1. The van der Waals surface area contributed by atoms with E-state index in [1.165, 1.54) is 0 Å². The van der Waals surface area contributed by atoms with E-state index in [4.69, 9.17) is 4.74 Å². The Morgan fingerprint density at radius 1 is 1.47 bits per heavy atom. The first-order valence-electron chi connectivity index (χ1n) is 6.48. The van der Waals surface area contributed by atoms with Gasteiger partial charge in [-0.1, -0.05) is 5.21 Å². The molecule has 1 saturated heterocycles. The fourth-order valence-corrected chi connectivity index (χ4v) is 2.64. The van der Waals surface area contributed by atoms with Gasteiger partial charge in [-0.3, -0.25) is 0 Å². The van der Waals surface area contributed by atoms with Gasteiger partial charge in [-0.15, -0.1) is 5.10 Å². The van der Waals surface area contributed by atoms with Crippen LogP contribution >= 0.6 is 0 Å². The van der Waals surface area contributed by atoms with Crippen LogP contribution in [0.1, 0.15) is 26.5 Å². The summed E-state index contributed by atoms with van der Waals surface area (Å²) in [5.41, 5.74) is 0.458. The van der Waals surface area contributed by atoms with Crippen molar-refractivity contribution in [3.05, 3.63) is 11.9 Å². The average Bonchev–Trinajstić information content (AvgIpc) is 2.70. The Morgan fingerprint density at radius 2 is 2.21 bits per heavy atom. The molecule has 1 aromatic rings. The monoisotopic (exact) mass is 265 g/mol. The third-order valence-electron chi connectivity index (χ3n) is 3.45. The van der Waals surface area contributed by atoms with E-state index < -0.39 is 5.60 Å². The summed E-state index contributed by atoms with van der Waals surface area (Å²) >= 11 is 0. The Balaban J connectivity index is 1.69. The zero-order valence-electron chi connectivity index (χ0n) is 11.5. The van der Waals surface area contributed by atoms with Crippen LogP contribution in [-0.4, -0.2) is 51.2 Å². The van der Waals surface area contributed by atoms with Gasteiger partial charge in [0.05, 0.1) is 25.0 Å². The normalized spacial score (nSPS) is 20.9. The number of nitrogens with one attached hydrogen (secondary N) is 1. The van der Waals surface area contributed by atoms with Crippen LogP contribution in [0.5, 0.6) is 0 Å². The highest BCUT2D eigenvalue weighted by molar-refractivity contribution is 5.69. The Kier molecular flexibility index (Phi) is 2.57. The van der Waals surface area contributed by atoms with E-state index in [0.717, 1.165) is 18.8 Å². The van der Waals surface area contributed by atoms with Crippen LogP contribution in [-0.2, 0) is 16.8 Å². The highest BCUT2D eigenvalue weighted by Crippen LogP contribution is 2.32. The number of rotatable bonds is 0. The van der Waals surface area contributed by atoms with Crippen LogP contribution in [0.2, 0.25) is 0 Å². The lowest BCUT2D eigenvalue weighted by Crippen LogP contribution is -2.70. The van der Waals surface area contributed by atoms with Crippen molar-refractivity contribution < 1.29 is 9.53 Å². The summed E-state index contributed by atoms with van der Waals surface area (Å²) in [5, 5.41) is 11.4. The van der Waals surface area contributed by atoms with Gasteiger partial charge in [0.25, 0.3) is 0 Å². The Morgan fingerprint density at radius 3 is 2.89 bits per heavy atom. The third-order valence-corrected chi connectivity index (χ3v) is 3.45. The fourth-order valence-electron chi connectivity index (χ4n) is 2.64. The van der Waals surface area contributed by atoms with E-state index in [9.17, 15) is 4.79 Å². The summed E-state index contributed by atoms with van der Waals surface area (Å²) in [7, 11) is 0. The second-order valence-electron chi connectivity index (χ2n) is 6.30. The van der Waals surface area contributed by atoms with Crippen molar-refractivity contribution in [2.45, 2.75) is 38.5 Å². The Labute approximate surface area is 111 Å². The number of likely N-dealkylation sites (tertiary alicyclic amines) is 1. The molecule has 3 rings (SSSR count). The lowest BCUT2D eigenvalue weighted by Gasteiger charge is -2.51. The molecule has 1 spiro atoms. The molecule has 19 heavy (non-hydrogen) atoms. The number of amides is 1. The van der Waals surface area contributed by atoms with Crippen molar-refractivity contribution in [2.75, 3.05) is 19.6 Å². The predicted molar refractivity (Wildman–Crippen MR) is 67.5 cm³/mol. The molecule has 0 aliphatic carbocycles. The van der Waals surface area contributed by atoms with Gasteiger partial charge in [0.15, 0.2) is 0 Å². The molecule has 1 N–H and O–H groups in total. The van der Waals surface area contributed by atoms with Crippen LogP contribution in [0.15, 0.2) is 6.20 Å². The van der Waals surface area contributed by atoms with Crippen LogP contribution in [0.25, 0.3) is 0 Å². The van der Waals surface area contributed by atoms with Gasteiger partial charge in [-0.25, -0.2) is 9.48 Å². The maximum absolute atomic E-state index is 12.0. The van der Waals surface area contributed by atoms with E-state index in [-0.39, 0.29) is 11.6 Å². The summed E-state index contributed by atoms with van der Waals surface area (Å²) in [6.07, 6.45) is 1.51. The summed E-state index contributed by atoms with van der Waals surface area (Å²) in [6, 6.07) is 0. The van der Waals surface area contributed by atoms with Gasteiger partial charge < -0.3 is 15.0 Å². The van der Waals surface area contributed by atoms with Crippen molar-refractivity contribution in [3.63, 3.8) is 0 Å². The topological polar surface area (TPSA) is 72.3 Å². The van der Waals surface area contributed by atoms with Crippen LogP contribution < -0.4 is 5.32 Å². The smallest absolute Gasteiger partial charge is 0.410 e. The Hall–Kier alpha value is -1.63. The molecule has 1 aromatic heterocycles. The number of aromatic nitrogens is 3. The van der Waals surface area contributed by atoms with Crippen molar-refractivity contribution in [2.24, 2.45) is 0 Å². The zero-order valence-corrected chi connectivity index (χ0v) is 11.5. The van der Waals surface area contributed by atoms with Crippen LogP contribution in [0.3, 0.4) is 0 Å². The molecule has 7 nitrogen and oxygen atoms in total. The van der Waals surface area contributed by atoms with Crippen molar-refractivity contribution >= 4 is 6.09 Å². The number of carbonyl (C=O) groups excluding carboxylic acids is 1. The molecule has 0 bridgehead atoms. The molecule has 0 radical (unpaired) electrons. The van der Waals surface area contributed by atoms with Gasteiger partial charge in [0.1, 0.15) is 11.1 Å². The first-order valence-corrected chi connectivity index (χ1v) is 6.48. The zero-order chi connectivity index (χ0) is 13.7. The second-order valence-corrected chi connectivity index (χ2v) is 6.30. The highest BCUT2D eigenvalue weighted by atomic mass is 16.6. The molecule has 2 aliphatic heterocycles. The molecule has 104 valence electrons. The summed E-state index contributed by atoms with van der Waals surface area (Å²) in [6.45, 7) is 8.44. The standard InChI is InChI=1S/C12H19N5O2/c1-11(2,3)19-10(18)16-7-12(8-16)6-13-4-9-5-14-15-17(9)12/h5,13H,4,6-8H2,1-3H3.